The Morgan fingerprint density at radius 2 is 2.38 bits per heavy atom. The van der Waals surface area contributed by atoms with Gasteiger partial charge in [-0.3, -0.25) is 0 Å². The molecule has 0 saturated heterocycles. The number of rotatable bonds is 4. The monoisotopic (exact) mass is 301 g/mol. The molecule has 0 aromatic heterocycles. The molecule has 16 heavy (non-hydrogen) atoms. The van der Waals surface area contributed by atoms with E-state index in [0.717, 1.165) is 10.0 Å². The molecule has 0 bridgehead atoms. The quantitative estimate of drug-likeness (QED) is 0.510. The van der Waals surface area contributed by atoms with Crippen molar-refractivity contribution >= 4 is 33.5 Å². The third-order valence-electron chi connectivity index (χ3n) is 1.86. The standard InChI is InChI=1S/C11H13BrClN3/c1-2-5-15-11(14)16-7-8-3-4-9(12)6-10(8)13/h2-4,6H,1,5,7H2,(H3,14,15,16). The number of nitrogens with two attached hydrogens (primary N) is 1. The molecule has 0 saturated carbocycles. The lowest BCUT2D eigenvalue weighted by atomic mass is 10.2. The summed E-state index contributed by atoms with van der Waals surface area (Å²) in [7, 11) is 0. The van der Waals surface area contributed by atoms with Crippen LogP contribution in [0, 0.1) is 0 Å². The summed E-state index contributed by atoms with van der Waals surface area (Å²) in [5.74, 6) is 0.388. The van der Waals surface area contributed by atoms with Gasteiger partial charge in [-0.2, -0.15) is 0 Å². The molecule has 0 spiro atoms. The minimum atomic E-state index is 0.388. The summed E-state index contributed by atoms with van der Waals surface area (Å²) < 4.78 is 0.947. The van der Waals surface area contributed by atoms with Gasteiger partial charge in [-0.05, 0) is 17.7 Å². The highest BCUT2D eigenvalue weighted by Gasteiger charge is 2.00. The highest BCUT2D eigenvalue weighted by Crippen LogP contribution is 2.21. The molecule has 3 nitrogen and oxygen atoms in total. The van der Waals surface area contributed by atoms with E-state index < -0.39 is 0 Å². The van der Waals surface area contributed by atoms with E-state index in [4.69, 9.17) is 17.3 Å². The van der Waals surface area contributed by atoms with E-state index in [1.54, 1.807) is 6.08 Å². The predicted molar refractivity (Wildman–Crippen MR) is 72.7 cm³/mol. The molecule has 0 heterocycles. The van der Waals surface area contributed by atoms with Crippen LogP contribution in [-0.2, 0) is 6.54 Å². The van der Waals surface area contributed by atoms with Crippen molar-refractivity contribution < 1.29 is 0 Å². The van der Waals surface area contributed by atoms with Crippen LogP contribution in [0.15, 0.2) is 40.3 Å². The highest BCUT2D eigenvalue weighted by molar-refractivity contribution is 9.10. The molecule has 5 heteroatoms. The van der Waals surface area contributed by atoms with E-state index in [9.17, 15) is 0 Å². The first kappa shape index (κ1) is 13.1. The van der Waals surface area contributed by atoms with Crippen molar-refractivity contribution in [3.05, 3.63) is 45.9 Å². The lowest BCUT2D eigenvalue weighted by Gasteiger charge is -2.04. The van der Waals surface area contributed by atoms with Gasteiger partial charge in [0.1, 0.15) is 0 Å². The number of nitrogens with one attached hydrogen (secondary N) is 1. The molecule has 0 aliphatic heterocycles. The van der Waals surface area contributed by atoms with E-state index in [0.29, 0.717) is 24.1 Å². The molecule has 1 rings (SSSR count). The second-order valence-corrected chi connectivity index (χ2v) is 4.43. The van der Waals surface area contributed by atoms with Crippen LogP contribution in [0.3, 0.4) is 0 Å². The summed E-state index contributed by atoms with van der Waals surface area (Å²) in [5, 5.41) is 3.57. The maximum atomic E-state index is 6.04. The van der Waals surface area contributed by atoms with Crippen LogP contribution in [0.5, 0.6) is 0 Å². The van der Waals surface area contributed by atoms with E-state index in [1.165, 1.54) is 0 Å². The van der Waals surface area contributed by atoms with Crippen LogP contribution in [-0.4, -0.2) is 12.5 Å². The topological polar surface area (TPSA) is 50.4 Å². The van der Waals surface area contributed by atoms with Gasteiger partial charge < -0.3 is 11.1 Å². The third-order valence-corrected chi connectivity index (χ3v) is 2.71. The number of guanidine groups is 1. The smallest absolute Gasteiger partial charge is 0.189 e. The molecule has 0 atom stereocenters. The fourth-order valence-electron chi connectivity index (χ4n) is 1.05. The van der Waals surface area contributed by atoms with Gasteiger partial charge in [-0.1, -0.05) is 39.7 Å². The Bertz CT molecular complexity index is 404. The molecule has 1 aromatic carbocycles. The summed E-state index contributed by atoms with van der Waals surface area (Å²) in [6, 6.07) is 5.67. The van der Waals surface area contributed by atoms with Crippen LogP contribution in [0.4, 0.5) is 0 Å². The van der Waals surface area contributed by atoms with Crippen LogP contribution in [0.2, 0.25) is 5.02 Å². The minimum Gasteiger partial charge on any atom is -0.370 e. The zero-order chi connectivity index (χ0) is 12.0. The molecule has 0 aliphatic rings. The van der Waals surface area contributed by atoms with Crippen molar-refractivity contribution in [2.24, 2.45) is 10.7 Å². The molecule has 0 unspecified atom stereocenters. The van der Waals surface area contributed by atoms with Crippen molar-refractivity contribution in [1.29, 1.82) is 0 Å². The van der Waals surface area contributed by atoms with Crippen molar-refractivity contribution in [3.8, 4) is 0 Å². The molecule has 1 aromatic rings. The van der Waals surface area contributed by atoms with E-state index >= 15 is 0 Å². The SMILES string of the molecule is C=CCNC(N)=NCc1ccc(Br)cc1Cl. The molecule has 0 fully saturated rings. The average molecular weight is 303 g/mol. The summed E-state index contributed by atoms with van der Waals surface area (Å²) in [6.07, 6.45) is 1.72. The van der Waals surface area contributed by atoms with Gasteiger partial charge in [0.05, 0.1) is 6.54 Å². The van der Waals surface area contributed by atoms with Gasteiger partial charge in [0, 0.05) is 16.0 Å². The van der Waals surface area contributed by atoms with Gasteiger partial charge in [-0.25, -0.2) is 4.99 Å². The van der Waals surface area contributed by atoms with Gasteiger partial charge in [0.15, 0.2) is 5.96 Å². The predicted octanol–water partition coefficient (Wildman–Crippen LogP) is 2.69. The van der Waals surface area contributed by atoms with E-state index in [2.05, 4.69) is 32.8 Å². The van der Waals surface area contributed by atoms with Crippen molar-refractivity contribution in [1.82, 2.24) is 5.32 Å². The zero-order valence-corrected chi connectivity index (χ0v) is 11.1. The molecular formula is C11H13BrClN3. The number of benzene rings is 1. The second kappa shape index (κ2) is 6.55. The Labute approximate surface area is 109 Å². The van der Waals surface area contributed by atoms with Gasteiger partial charge in [0.25, 0.3) is 0 Å². The number of aliphatic imine (C=N–C) groups is 1. The van der Waals surface area contributed by atoms with Crippen LogP contribution in [0.25, 0.3) is 0 Å². The fraction of sp³-hybridized carbons (Fsp3) is 0.182. The average Bonchev–Trinajstić information content (AvgIpc) is 2.25. The molecular weight excluding hydrogens is 289 g/mol. The lowest BCUT2D eigenvalue weighted by molar-refractivity contribution is 0.970. The number of hydrogen-bond donors (Lipinski definition) is 2. The molecule has 0 amide bonds. The molecule has 3 N–H and O–H groups in total. The lowest BCUT2D eigenvalue weighted by Crippen LogP contribution is -2.31. The number of hydrogen-bond acceptors (Lipinski definition) is 1. The summed E-state index contributed by atoms with van der Waals surface area (Å²) in [6.45, 7) is 4.64. The Kier molecular flexibility index (Phi) is 5.35. The molecule has 0 aliphatic carbocycles. The molecule has 0 radical (unpaired) electrons. The zero-order valence-electron chi connectivity index (χ0n) is 8.71. The fourth-order valence-corrected chi connectivity index (χ4v) is 1.79. The minimum absolute atomic E-state index is 0.388. The first-order valence-corrected chi connectivity index (χ1v) is 5.89. The summed E-state index contributed by atoms with van der Waals surface area (Å²) >= 11 is 9.38. The van der Waals surface area contributed by atoms with Gasteiger partial charge >= 0.3 is 0 Å². The first-order chi connectivity index (χ1) is 7.63. The Morgan fingerprint density at radius 3 is 3.00 bits per heavy atom. The van der Waals surface area contributed by atoms with E-state index in [1.807, 2.05) is 18.2 Å². The van der Waals surface area contributed by atoms with Crippen molar-refractivity contribution in [3.63, 3.8) is 0 Å². The normalized spacial score (nSPS) is 11.2. The highest BCUT2D eigenvalue weighted by atomic mass is 79.9. The Balaban J connectivity index is 2.63. The number of nitrogens with zero attached hydrogens (tertiary/aromatic N) is 1. The molecule has 86 valence electrons. The number of halogens is 2. The van der Waals surface area contributed by atoms with Crippen LogP contribution < -0.4 is 11.1 Å². The summed E-state index contributed by atoms with van der Waals surface area (Å²) in [5.41, 5.74) is 6.56. The van der Waals surface area contributed by atoms with Crippen LogP contribution in [0.1, 0.15) is 5.56 Å². The first-order valence-electron chi connectivity index (χ1n) is 4.72. The van der Waals surface area contributed by atoms with Crippen molar-refractivity contribution in [2.75, 3.05) is 6.54 Å². The van der Waals surface area contributed by atoms with E-state index in [-0.39, 0.29) is 0 Å². The maximum Gasteiger partial charge on any atom is 0.189 e. The Hall–Kier alpha value is -1.000. The van der Waals surface area contributed by atoms with Gasteiger partial charge in [-0.15, -0.1) is 6.58 Å². The Morgan fingerprint density at radius 1 is 1.62 bits per heavy atom. The largest absolute Gasteiger partial charge is 0.370 e. The van der Waals surface area contributed by atoms with Crippen LogP contribution >= 0.6 is 27.5 Å². The third kappa shape index (κ3) is 4.24. The summed E-state index contributed by atoms with van der Waals surface area (Å²) in [4.78, 5) is 4.16. The second-order valence-electron chi connectivity index (χ2n) is 3.11. The van der Waals surface area contributed by atoms with Crippen molar-refractivity contribution in [2.45, 2.75) is 6.54 Å². The maximum absolute atomic E-state index is 6.04. The van der Waals surface area contributed by atoms with Gasteiger partial charge in [0.2, 0.25) is 0 Å².